The van der Waals surface area contributed by atoms with Gasteiger partial charge in [0.1, 0.15) is 0 Å². The van der Waals surface area contributed by atoms with Crippen molar-refractivity contribution in [3.8, 4) is 0 Å². The van der Waals surface area contributed by atoms with Crippen molar-refractivity contribution in [2.24, 2.45) is 0 Å². The number of rotatable bonds is 0. The summed E-state index contributed by atoms with van der Waals surface area (Å²) in [4.78, 5) is 0. The minimum atomic E-state index is -3.29. The maximum atomic E-state index is 8.76. The van der Waals surface area contributed by atoms with Gasteiger partial charge in [-0.3, -0.25) is 0 Å². The second kappa shape index (κ2) is 15.9. The molecule has 36 valence electrons. The van der Waals surface area contributed by atoms with Crippen molar-refractivity contribution >= 4 is 81.0 Å². The van der Waals surface area contributed by atoms with Crippen LogP contribution in [0.3, 0.4) is 0 Å². The molecule has 0 aliphatic carbocycles. The Labute approximate surface area is 91.4 Å². The molecule has 0 heterocycles. The van der Waals surface area contributed by atoms with E-state index in [1.807, 2.05) is 0 Å². The van der Waals surface area contributed by atoms with Crippen LogP contribution in [0.15, 0.2) is 0 Å². The van der Waals surface area contributed by atoms with Crippen molar-refractivity contribution in [2.45, 2.75) is 0 Å². The molecule has 0 atom stereocenters. The van der Waals surface area contributed by atoms with Gasteiger partial charge in [-0.05, 0) is 0 Å². The van der Waals surface area contributed by atoms with Crippen LogP contribution < -0.4 is 0 Å². The third kappa shape index (κ3) is 52.6. The van der Waals surface area contributed by atoms with E-state index in [9.17, 15) is 0 Å². The molecule has 2 N–H and O–H groups in total. The first-order valence-corrected chi connectivity index (χ1v) is 9.73. The van der Waals surface area contributed by atoms with E-state index in [1.54, 1.807) is 0 Å². The van der Waals surface area contributed by atoms with E-state index in [4.69, 9.17) is 12.2 Å². The predicted molar refractivity (Wildman–Crippen MR) is 30.9 cm³/mol. The van der Waals surface area contributed by atoms with Crippen molar-refractivity contribution in [1.82, 2.24) is 0 Å². The van der Waals surface area contributed by atoms with E-state index in [0.29, 0.717) is 0 Å². The Morgan fingerprint density at radius 2 is 1.43 bits per heavy atom. The van der Waals surface area contributed by atoms with Crippen LogP contribution in [0.2, 0.25) is 0 Å². The summed E-state index contributed by atoms with van der Waals surface area (Å²) >= 11 is 0.403. The zero-order valence-electron chi connectivity index (χ0n) is 3.16. The normalized spacial score (nSPS) is 6.00. The average Bonchev–Trinajstić information content (AvgIpc) is 1.41. The van der Waals surface area contributed by atoms with Gasteiger partial charge in [0.05, 0.1) is 0 Å². The van der Waals surface area contributed by atoms with Gasteiger partial charge < -0.3 is 0 Å². The van der Waals surface area contributed by atoms with Gasteiger partial charge in [0.25, 0.3) is 0 Å². The Bertz CT molecular complexity index is 33.9. The van der Waals surface area contributed by atoms with Crippen LogP contribution in [-0.2, 0) is 3.83 Å². The number of hydrogen-bond acceptors (Lipinski definition) is 1. The molecule has 0 saturated carbocycles. The molecule has 7 heavy (non-hydrogen) atoms. The summed E-state index contributed by atoms with van der Waals surface area (Å²) in [5.74, 6) is 0. The third-order valence-corrected chi connectivity index (χ3v) is 0. The molecule has 0 aliphatic heterocycles. The van der Waals surface area contributed by atoms with E-state index >= 15 is 0 Å². The molecule has 7 heteroatoms. The molecule has 0 amide bonds. The first kappa shape index (κ1) is 16.4. The molecule has 0 aromatic carbocycles. The van der Waals surface area contributed by atoms with Gasteiger partial charge >= 0.3 is 93.2 Å². The topological polar surface area (TPSA) is 57.5 Å². The minimum absolute atomic E-state index is 0. The molecule has 0 rings (SSSR count). The summed E-state index contributed by atoms with van der Waals surface area (Å²) < 4.78 is 23.1. The first-order chi connectivity index (χ1) is 2.73. The van der Waals surface area contributed by atoms with Crippen molar-refractivity contribution in [1.29, 1.82) is 0 Å². The fourth-order valence-electron chi connectivity index (χ4n) is 0. The summed E-state index contributed by atoms with van der Waals surface area (Å²) in [6.45, 7) is 0. The second-order valence-corrected chi connectivity index (χ2v) is 1.20. The van der Waals surface area contributed by atoms with Crippen molar-refractivity contribution in [3.63, 3.8) is 0 Å². The van der Waals surface area contributed by atoms with Gasteiger partial charge in [0.2, 0.25) is 0 Å². The fraction of sp³-hybridized carbons (Fsp3) is 0. The van der Waals surface area contributed by atoms with Crippen molar-refractivity contribution in [2.75, 3.05) is 0 Å². The molecule has 3 nitrogen and oxygen atoms in total. The van der Waals surface area contributed by atoms with E-state index in [1.165, 1.54) is 25.4 Å². The molecule has 0 saturated heterocycles. The molecule has 0 aromatic heterocycles. The summed E-state index contributed by atoms with van der Waals surface area (Å²) in [5, 5.41) is 0. The molecular weight excluding hydrogens is 252 g/mol. The number of hydrogen-bond donors (Lipinski definition) is 2. The monoisotopic (exact) mass is 258 g/mol. The summed E-state index contributed by atoms with van der Waals surface area (Å²) in [5.41, 5.74) is 0. The second-order valence-electron chi connectivity index (χ2n) is 0.231. The van der Waals surface area contributed by atoms with Crippen molar-refractivity contribution in [3.05, 3.63) is 0 Å². The van der Waals surface area contributed by atoms with Crippen LogP contribution in [0.25, 0.3) is 0 Å². The molecular formula is H4Na2O3Se2. The molecule has 0 aromatic rings. The SMILES string of the molecule is O=[Se](O)O.[NaH].[Na][SeH]. The van der Waals surface area contributed by atoms with Crippen LogP contribution in [0, 0.1) is 0 Å². The van der Waals surface area contributed by atoms with Crippen LogP contribution >= 0.6 is 0 Å². The maximum absolute atomic E-state index is 8.76. The summed E-state index contributed by atoms with van der Waals surface area (Å²) in [6.07, 6.45) is 0. The molecule has 0 spiro atoms. The van der Waals surface area contributed by atoms with Crippen LogP contribution in [-0.4, -0.2) is 89.4 Å². The molecule has 0 radical (unpaired) electrons. The molecule has 0 fully saturated rings. The fourth-order valence-corrected chi connectivity index (χ4v) is 0. The van der Waals surface area contributed by atoms with Gasteiger partial charge in [-0.25, -0.2) is 0 Å². The molecule has 0 unspecified atom stereocenters. The van der Waals surface area contributed by atoms with Crippen LogP contribution in [0.5, 0.6) is 0 Å². The van der Waals surface area contributed by atoms with E-state index < -0.39 is 14.5 Å². The Hall–Kier alpha value is 2.76. The summed E-state index contributed by atoms with van der Waals surface area (Å²) in [7, 11) is 0. The zero-order valence-corrected chi connectivity index (χ0v) is 8.75. The Kier molecular flexibility index (Phi) is 37.2. The molecule has 0 bridgehead atoms. The Morgan fingerprint density at radius 3 is 1.43 bits per heavy atom. The van der Waals surface area contributed by atoms with E-state index in [-0.39, 0.29) is 29.6 Å². The van der Waals surface area contributed by atoms with Gasteiger partial charge in [-0.15, -0.1) is 0 Å². The molecule has 0 aliphatic rings. The van der Waals surface area contributed by atoms with Gasteiger partial charge in [0, 0.05) is 0 Å². The predicted octanol–water partition coefficient (Wildman–Crippen LogP) is -3.29. The Morgan fingerprint density at radius 1 is 1.43 bits per heavy atom. The van der Waals surface area contributed by atoms with Crippen LogP contribution in [0.1, 0.15) is 0 Å². The van der Waals surface area contributed by atoms with Crippen LogP contribution in [0.4, 0.5) is 0 Å². The third-order valence-electron chi connectivity index (χ3n) is 0. The van der Waals surface area contributed by atoms with E-state index in [2.05, 4.69) is 11.6 Å². The average molecular weight is 256 g/mol. The summed E-state index contributed by atoms with van der Waals surface area (Å²) in [6, 6.07) is 0. The van der Waals surface area contributed by atoms with Gasteiger partial charge in [0.15, 0.2) is 0 Å². The van der Waals surface area contributed by atoms with E-state index in [0.717, 1.165) is 0 Å². The zero-order chi connectivity index (χ0) is 5.58. The van der Waals surface area contributed by atoms with Crippen molar-refractivity contribution < 1.29 is 12.2 Å². The standard InChI is InChI=1S/2Na.H2O3Se.H2Se.H/c;;1-4(2)3;;/h;;(H2,1,2,3);1H2;/q;+1;;;/p-1. The van der Waals surface area contributed by atoms with Gasteiger partial charge in [-0.1, -0.05) is 0 Å². The first-order valence-electron chi connectivity index (χ1n) is 0.979. The Balaban J connectivity index is -0.0000000480. The van der Waals surface area contributed by atoms with Gasteiger partial charge in [-0.2, -0.15) is 0 Å². The quantitative estimate of drug-likeness (QED) is 0.446.